The van der Waals surface area contributed by atoms with Gasteiger partial charge in [0.1, 0.15) is 0 Å². The fraction of sp³-hybridized carbons (Fsp3) is 0.182. The van der Waals surface area contributed by atoms with Crippen LogP contribution in [-0.4, -0.2) is 9.78 Å². The van der Waals surface area contributed by atoms with E-state index in [0.29, 0.717) is 6.54 Å². The van der Waals surface area contributed by atoms with E-state index in [0.717, 1.165) is 21.8 Å². The minimum atomic E-state index is 0.482. The van der Waals surface area contributed by atoms with Crippen LogP contribution in [-0.2, 0) is 13.6 Å². The van der Waals surface area contributed by atoms with E-state index in [-0.39, 0.29) is 0 Å². The summed E-state index contributed by atoms with van der Waals surface area (Å²) in [5.41, 5.74) is 8.75. The lowest BCUT2D eigenvalue weighted by Crippen LogP contribution is -2.00. The van der Waals surface area contributed by atoms with E-state index in [1.807, 2.05) is 36.0 Å². The second kappa shape index (κ2) is 4.04. The molecule has 0 fully saturated rings. The van der Waals surface area contributed by atoms with Crippen molar-refractivity contribution >= 4 is 11.6 Å². The van der Waals surface area contributed by atoms with Crippen molar-refractivity contribution in [2.45, 2.75) is 6.54 Å². The summed E-state index contributed by atoms with van der Waals surface area (Å²) in [5.74, 6) is 0. The van der Waals surface area contributed by atoms with Crippen LogP contribution in [0.4, 0.5) is 0 Å². The zero-order valence-electron chi connectivity index (χ0n) is 8.44. The van der Waals surface area contributed by atoms with Crippen LogP contribution < -0.4 is 5.73 Å². The molecule has 3 nitrogen and oxygen atoms in total. The molecule has 1 aromatic carbocycles. The van der Waals surface area contributed by atoms with Gasteiger partial charge in [-0.1, -0.05) is 23.7 Å². The van der Waals surface area contributed by atoms with Crippen LogP contribution in [0.2, 0.25) is 5.02 Å². The molecule has 0 bridgehead atoms. The van der Waals surface area contributed by atoms with Crippen molar-refractivity contribution in [3.8, 4) is 11.3 Å². The van der Waals surface area contributed by atoms with Crippen LogP contribution in [0.25, 0.3) is 11.3 Å². The largest absolute Gasteiger partial charge is 0.326 e. The fourth-order valence-corrected chi connectivity index (χ4v) is 1.83. The lowest BCUT2D eigenvalue weighted by molar-refractivity contribution is 0.775. The number of aromatic nitrogens is 2. The van der Waals surface area contributed by atoms with Gasteiger partial charge in [-0.05, 0) is 12.1 Å². The third-order valence-corrected chi connectivity index (χ3v) is 2.57. The van der Waals surface area contributed by atoms with E-state index in [1.165, 1.54) is 0 Å². The van der Waals surface area contributed by atoms with Crippen LogP contribution in [0, 0.1) is 0 Å². The summed E-state index contributed by atoms with van der Waals surface area (Å²) in [6, 6.07) is 7.69. The molecule has 0 saturated carbocycles. The van der Waals surface area contributed by atoms with Crippen LogP contribution in [0.3, 0.4) is 0 Å². The number of hydrogen-bond acceptors (Lipinski definition) is 2. The Kier molecular flexibility index (Phi) is 2.75. The normalized spacial score (nSPS) is 10.6. The second-order valence-corrected chi connectivity index (χ2v) is 3.79. The van der Waals surface area contributed by atoms with Crippen molar-refractivity contribution in [2.75, 3.05) is 0 Å². The molecule has 1 heterocycles. The van der Waals surface area contributed by atoms with Gasteiger partial charge in [-0.25, -0.2) is 0 Å². The number of halogens is 1. The molecule has 2 rings (SSSR count). The Morgan fingerprint density at radius 2 is 2.27 bits per heavy atom. The SMILES string of the molecule is Cn1ncc(CN)c1-c1cccc(Cl)c1. The monoisotopic (exact) mass is 221 g/mol. The summed E-state index contributed by atoms with van der Waals surface area (Å²) in [7, 11) is 1.90. The molecule has 0 aliphatic carbocycles. The first-order valence-electron chi connectivity index (χ1n) is 4.69. The molecule has 0 saturated heterocycles. The highest BCUT2D eigenvalue weighted by Gasteiger charge is 2.09. The predicted molar refractivity (Wildman–Crippen MR) is 61.5 cm³/mol. The Hall–Kier alpha value is -1.32. The number of nitrogens with zero attached hydrogens (tertiary/aromatic N) is 2. The number of hydrogen-bond donors (Lipinski definition) is 1. The summed E-state index contributed by atoms with van der Waals surface area (Å²) in [6.45, 7) is 0.482. The van der Waals surface area contributed by atoms with Gasteiger partial charge in [0.25, 0.3) is 0 Å². The van der Waals surface area contributed by atoms with Gasteiger partial charge >= 0.3 is 0 Å². The number of rotatable bonds is 2. The van der Waals surface area contributed by atoms with Crippen molar-refractivity contribution in [1.29, 1.82) is 0 Å². The van der Waals surface area contributed by atoms with Crippen molar-refractivity contribution in [3.05, 3.63) is 41.0 Å². The lowest BCUT2D eigenvalue weighted by atomic mass is 10.1. The van der Waals surface area contributed by atoms with Crippen molar-refractivity contribution in [3.63, 3.8) is 0 Å². The standard InChI is InChI=1S/C11H12ClN3/c1-15-11(9(6-13)7-14-15)8-3-2-4-10(12)5-8/h2-5,7H,6,13H2,1H3. The van der Waals surface area contributed by atoms with Gasteiger partial charge in [-0.2, -0.15) is 5.10 Å². The average Bonchev–Trinajstić information content (AvgIpc) is 2.59. The molecule has 2 aromatic rings. The Bertz CT molecular complexity index is 476. The van der Waals surface area contributed by atoms with Crippen molar-refractivity contribution < 1.29 is 0 Å². The minimum Gasteiger partial charge on any atom is -0.326 e. The van der Waals surface area contributed by atoms with E-state index in [1.54, 1.807) is 6.20 Å². The molecule has 0 spiro atoms. The molecule has 4 heteroatoms. The zero-order valence-corrected chi connectivity index (χ0v) is 9.20. The summed E-state index contributed by atoms with van der Waals surface area (Å²) in [6.07, 6.45) is 1.79. The molecule has 2 N–H and O–H groups in total. The van der Waals surface area contributed by atoms with Crippen molar-refractivity contribution in [2.24, 2.45) is 12.8 Å². The highest BCUT2D eigenvalue weighted by atomic mass is 35.5. The van der Waals surface area contributed by atoms with Crippen LogP contribution in [0.5, 0.6) is 0 Å². The summed E-state index contributed by atoms with van der Waals surface area (Å²) in [4.78, 5) is 0. The third kappa shape index (κ3) is 1.89. The lowest BCUT2D eigenvalue weighted by Gasteiger charge is -2.05. The third-order valence-electron chi connectivity index (χ3n) is 2.33. The number of nitrogens with two attached hydrogens (primary N) is 1. The topological polar surface area (TPSA) is 43.8 Å². The Labute approximate surface area is 93.5 Å². The number of benzene rings is 1. The van der Waals surface area contributed by atoms with Gasteiger partial charge < -0.3 is 5.73 Å². The molecule has 0 aliphatic rings. The van der Waals surface area contributed by atoms with E-state index < -0.39 is 0 Å². The highest BCUT2D eigenvalue weighted by Crippen LogP contribution is 2.25. The van der Waals surface area contributed by atoms with E-state index in [2.05, 4.69) is 5.10 Å². The Balaban J connectivity index is 2.57. The van der Waals surface area contributed by atoms with Crippen LogP contribution in [0.15, 0.2) is 30.5 Å². The summed E-state index contributed by atoms with van der Waals surface area (Å²) < 4.78 is 1.81. The summed E-state index contributed by atoms with van der Waals surface area (Å²) in [5, 5.41) is 4.91. The molecule has 0 radical (unpaired) electrons. The Morgan fingerprint density at radius 1 is 1.47 bits per heavy atom. The molecular weight excluding hydrogens is 210 g/mol. The summed E-state index contributed by atoms with van der Waals surface area (Å²) >= 11 is 5.95. The van der Waals surface area contributed by atoms with E-state index >= 15 is 0 Å². The molecule has 15 heavy (non-hydrogen) atoms. The smallest absolute Gasteiger partial charge is 0.0724 e. The average molecular weight is 222 g/mol. The first-order chi connectivity index (χ1) is 7.22. The van der Waals surface area contributed by atoms with Gasteiger partial charge in [-0.15, -0.1) is 0 Å². The Morgan fingerprint density at radius 3 is 2.93 bits per heavy atom. The first-order valence-corrected chi connectivity index (χ1v) is 5.07. The maximum atomic E-state index is 5.95. The molecule has 0 unspecified atom stereocenters. The molecule has 1 aromatic heterocycles. The van der Waals surface area contributed by atoms with Gasteiger partial charge in [0.05, 0.1) is 11.9 Å². The maximum absolute atomic E-state index is 5.95. The quantitative estimate of drug-likeness (QED) is 0.845. The van der Waals surface area contributed by atoms with E-state index in [4.69, 9.17) is 17.3 Å². The van der Waals surface area contributed by atoms with Gasteiger partial charge in [0.15, 0.2) is 0 Å². The minimum absolute atomic E-state index is 0.482. The fourth-order valence-electron chi connectivity index (χ4n) is 1.64. The molecule has 0 aliphatic heterocycles. The maximum Gasteiger partial charge on any atom is 0.0724 e. The van der Waals surface area contributed by atoms with Crippen molar-refractivity contribution in [1.82, 2.24) is 9.78 Å². The van der Waals surface area contributed by atoms with Crippen LogP contribution in [0.1, 0.15) is 5.56 Å². The van der Waals surface area contributed by atoms with Gasteiger partial charge in [-0.3, -0.25) is 4.68 Å². The zero-order chi connectivity index (χ0) is 10.8. The van der Waals surface area contributed by atoms with Crippen LogP contribution >= 0.6 is 11.6 Å². The molecule has 0 amide bonds. The molecular formula is C11H12ClN3. The highest BCUT2D eigenvalue weighted by molar-refractivity contribution is 6.30. The van der Waals surface area contributed by atoms with Gasteiger partial charge in [0.2, 0.25) is 0 Å². The second-order valence-electron chi connectivity index (χ2n) is 3.36. The molecule has 0 atom stereocenters. The number of aryl methyl sites for hydroxylation is 1. The van der Waals surface area contributed by atoms with Gasteiger partial charge in [0, 0.05) is 29.7 Å². The first kappa shape index (κ1) is 10.2. The predicted octanol–water partition coefficient (Wildman–Crippen LogP) is 2.20. The van der Waals surface area contributed by atoms with E-state index in [9.17, 15) is 0 Å². The molecule has 78 valence electrons.